The molecule has 0 saturated heterocycles. The lowest BCUT2D eigenvalue weighted by atomic mass is 10.1. The number of nitrogens with one attached hydrogen (secondary N) is 1. The van der Waals surface area contributed by atoms with Gasteiger partial charge in [0.05, 0.1) is 17.2 Å². The minimum absolute atomic E-state index is 0.0437. The van der Waals surface area contributed by atoms with E-state index >= 15 is 0 Å². The molecule has 0 radical (unpaired) electrons. The van der Waals surface area contributed by atoms with Gasteiger partial charge in [-0.15, -0.1) is 0 Å². The van der Waals surface area contributed by atoms with Gasteiger partial charge in [-0.25, -0.2) is 0 Å². The number of nitrogens with zero attached hydrogens (tertiary/aromatic N) is 1. The van der Waals surface area contributed by atoms with E-state index in [0.717, 1.165) is 6.07 Å². The molecule has 2 rings (SSSR count). The van der Waals surface area contributed by atoms with E-state index in [9.17, 15) is 14.9 Å². The fourth-order valence-electron chi connectivity index (χ4n) is 1.73. The van der Waals surface area contributed by atoms with Crippen molar-refractivity contribution >= 4 is 23.2 Å². The number of amides is 1. The fraction of sp³-hybridized carbons (Fsp3) is 0.154. The molecule has 0 aliphatic heterocycles. The molecule has 0 spiro atoms. The van der Waals surface area contributed by atoms with E-state index in [2.05, 4.69) is 5.32 Å². The minimum atomic E-state index is -0.641. The topological polar surface area (TPSA) is 85.4 Å². The van der Waals surface area contributed by atoms with E-state index in [4.69, 9.17) is 16.0 Å². The smallest absolute Gasteiger partial charge is 0.283 e. The third kappa shape index (κ3) is 2.97. The quantitative estimate of drug-likeness (QED) is 0.692. The lowest BCUT2D eigenvalue weighted by Gasteiger charge is -2.11. The maximum Gasteiger partial charge on any atom is 0.283 e. The first-order valence-electron chi connectivity index (χ1n) is 5.77. The molecule has 1 aromatic carbocycles. The molecule has 6 nitrogen and oxygen atoms in total. The van der Waals surface area contributed by atoms with Crippen LogP contribution in [-0.4, -0.2) is 10.8 Å². The number of carbonyl (C=O) groups excluding carboxylic acids is 1. The number of hydrogen-bond donors (Lipinski definition) is 1. The van der Waals surface area contributed by atoms with Crippen LogP contribution >= 0.6 is 11.6 Å². The Morgan fingerprint density at radius 1 is 1.45 bits per heavy atom. The second-order valence-electron chi connectivity index (χ2n) is 4.13. The Morgan fingerprint density at radius 2 is 2.20 bits per heavy atom. The Morgan fingerprint density at radius 3 is 2.80 bits per heavy atom. The zero-order chi connectivity index (χ0) is 14.7. The van der Waals surface area contributed by atoms with Gasteiger partial charge in [-0.3, -0.25) is 14.9 Å². The van der Waals surface area contributed by atoms with Gasteiger partial charge in [0.2, 0.25) is 0 Å². The lowest BCUT2D eigenvalue weighted by molar-refractivity contribution is -0.385. The highest BCUT2D eigenvalue weighted by atomic mass is 35.5. The van der Waals surface area contributed by atoms with Crippen LogP contribution in [-0.2, 0) is 0 Å². The molecule has 1 heterocycles. The third-order valence-corrected chi connectivity index (χ3v) is 2.95. The highest BCUT2D eigenvalue weighted by molar-refractivity contribution is 6.31. The van der Waals surface area contributed by atoms with E-state index in [1.807, 2.05) is 0 Å². The molecule has 0 saturated carbocycles. The number of benzene rings is 1. The van der Waals surface area contributed by atoms with Crippen LogP contribution in [0.25, 0.3) is 0 Å². The summed E-state index contributed by atoms with van der Waals surface area (Å²) in [7, 11) is 0. The van der Waals surface area contributed by atoms with Crippen LogP contribution in [0.5, 0.6) is 0 Å². The van der Waals surface area contributed by atoms with Crippen molar-refractivity contribution in [1.82, 2.24) is 5.32 Å². The molecule has 0 aliphatic rings. The van der Waals surface area contributed by atoms with E-state index in [-0.39, 0.29) is 16.3 Å². The van der Waals surface area contributed by atoms with Crippen LogP contribution in [0.3, 0.4) is 0 Å². The van der Waals surface area contributed by atoms with Gasteiger partial charge in [0, 0.05) is 11.1 Å². The van der Waals surface area contributed by atoms with E-state index in [1.54, 1.807) is 19.1 Å². The van der Waals surface area contributed by atoms with Crippen molar-refractivity contribution in [3.8, 4) is 0 Å². The van der Waals surface area contributed by atoms with Crippen molar-refractivity contribution in [1.29, 1.82) is 0 Å². The number of nitro benzene ring substituents is 1. The van der Waals surface area contributed by atoms with Gasteiger partial charge >= 0.3 is 0 Å². The maximum absolute atomic E-state index is 12.1. The number of rotatable bonds is 4. The standard InChI is InChI=1S/C13H11ClN2O4/c1-8(12-3-2-6-20-12)15-13(17)10-5-4-9(14)7-11(10)16(18)19/h2-8H,1H3,(H,15,17)/t8-/m1/s1. The Labute approximate surface area is 119 Å². The average Bonchev–Trinajstić information content (AvgIpc) is 2.92. The first-order chi connectivity index (χ1) is 9.49. The number of furan rings is 1. The van der Waals surface area contributed by atoms with Crippen molar-refractivity contribution in [3.05, 3.63) is 63.1 Å². The molecule has 1 N–H and O–H groups in total. The van der Waals surface area contributed by atoms with Gasteiger partial charge in [0.1, 0.15) is 11.3 Å². The molecule has 2 aromatic rings. The first-order valence-corrected chi connectivity index (χ1v) is 6.15. The Hall–Kier alpha value is -2.34. The molecular formula is C13H11ClN2O4. The molecule has 104 valence electrons. The van der Waals surface area contributed by atoms with Crippen LogP contribution in [0.1, 0.15) is 29.1 Å². The van der Waals surface area contributed by atoms with Crippen LogP contribution in [0.2, 0.25) is 5.02 Å². The number of carbonyl (C=O) groups is 1. The van der Waals surface area contributed by atoms with Crippen LogP contribution < -0.4 is 5.32 Å². The largest absolute Gasteiger partial charge is 0.467 e. The summed E-state index contributed by atoms with van der Waals surface area (Å²) < 4.78 is 5.16. The van der Waals surface area contributed by atoms with Crippen LogP contribution in [0, 0.1) is 10.1 Å². The van der Waals surface area contributed by atoms with Gasteiger partial charge in [0.15, 0.2) is 0 Å². The highest BCUT2D eigenvalue weighted by Gasteiger charge is 2.22. The van der Waals surface area contributed by atoms with Crippen molar-refractivity contribution in [3.63, 3.8) is 0 Å². The SMILES string of the molecule is C[C@@H](NC(=O)c1ccc(Cl)cc1[N+](=O)[O-])c1ccco1. The first kappa shape index (κ1) is 14.1. The van der Waals surface area contributed by atoms with E-state index < -0.39 is 16.9 Å². The molecule has 0 unspecified atom stereocenters. The van der Waals surface area contributed by atoms with Gasteiger partial charge in [0.25, 0.3) is 11.6 Å². The third-order valence-electron chi connectivity index (χ3n) is 2.72. The van der Waals surface area contributed by atoms with E-state index in [0.29, 0.717) is 5.76 Å². The van der Waals surface area contributed by atoms with Gasteiger partial charge in [-0.2, -0.15) is 0 Å². The summed E-state index contributed by atoms with van der Waals surface area (Å²) >= 11 is 5.70. The predicted octanol–water partition coefficient (Wildman–Crippen LogP) is 3.33. The molecule has 1 amide bonds. The van der Waals surface area contributed by atoms with Gasteiger partial charge in [-0.1, -0.05) is 11.6 Å². The maximum atomic E-state index is 12.1. The van der Waals surface area contributed by atoms with Gasteiger partial charge in [-0.05, 0) is 31.2 Å². The Kier molecular flexibility index (Phi) is 4.05. The molecule has 1 aromatic heterocycles. The summed E-state index contributed by atoms with van der Waals surface area (Å²) in [6.45, 7) is 1.72. The Bertz CT molecular complexity index is 640. The number of nitro groups is 1. The van der Waals surface area contributed by atoms with Crippen LogP contribution in [0.15, 0.2) is 41.0 Å². The summed E-state index contributed by atoms with van der Waals surface area (Å²) in [6, 6.07) is 6.91. The van der Waals surface area contributed by atoms with Crippen molar-refractivity contribution in [2.45, 2.75) is 13.0 Å². The fourth-order valence-corrected chi connectivity index (χ4v) is 1.90. The van der Waals surface area contributed by atoms with Crippen molar-refractivity contribution in [2.75, 3.05) is 0 Å². The second-order valence-corrected chi connectivity index (χ2v) is 4.57. The summed E-state index contributed by atoms with van der Waals surface area (Å²) in [4.78, 5) is 22.4. The molecule has 1 atom stereocenters. The number of hydrogen-bond acceptors (Lipinski definition) is 4. The number of halogens is 1. The minimum Gasteiger partial charge on any atom is -0.467 e. The summed E-state index contributed by atoms with van der Waals surface area (Å²) in [5.41, 5.74) is -0.376. The summed E-state index contributed by atoms with van der Waals surface area (Å²) in [6.07, 6.45) is 1.49. The second kappa shape index (κ2) is 5.75. The Balaban J connectivity index is 2.23. The zero-order valence-corrected chi connectivity index (χ0v) is 11.3. The lowest BCUT2D eigenvalue weighted by Crippen LogP contribution is -2.27. The average molecular weight is 295 g/mol. The highest BCUT2D eigenvalue weighted by Crippen LogP contribution is 2.24. The van der Waals surface area contributed by atoms with Gasteiger partial charge < -0.3 is 9.73 Å². The predicted molar refractivity (Wildman–Crippen MR) is 72.7 cm³/mol. The zero-order valence-electron chi connectivity index (χ0n) is 10.5. The molecular weight excluding hydrogens is 284 g/mol. The van der Waals surface area contributed by atoms with Crippen LogP contribution in [0.4, 0.5) is 5.69 Å². The monoisotopic (exact) mass is 294 g/mol. The summed E-state index contributed by atoms with van der Waals surface area (Å²) in [5.74, 6) is 0.00670. The molecule has 0 aliphatic carbocycles. The van der Waals surface area contributed by atoms with Crippen molar-refractivity contribution in [2.24, 2.45) is 0 Å². The normalized spacial score (nSPS) is 11.9. The summed E-state index contributed by atoms with van der Waals surface area (Å²) in [5, 5.41) is 13.8. The van der Waals surface area contributed by atoms with Crippen molar-refractivity contribution < 1.29 is 14.1 Å². The molecule has 0 fully saturated rings. The molecule has 20 heavy (non-hydrogen) atoms. The molecule has 7 heteroatoms. The molecule has 0 bridgehead atoms. The van der Waals surface area contributed by atoms with E-state index in [1.165, 1.54) is 18.4 Å².